The number of guanidine groups is 1. The first kappa shape index (κ1) is 14.1. The van der Waals surface area contributed by atoms with Crippen molar-refractivity contribution >= 4 is 17.3 Å². The predicted molar refractivity (Wildman–Crippen MR) is 90.1 cm³/mol. The summed E-state index contributed by atoms with van der Waals surface area (Å²) in [6, 6.07) is 14.0. The summed E-state index contributed by atoms with van der Waals surface area (Å²) >= 11 is 0. The molecule has 0 atom stereocenters. The van der Waals surface area contributed by atoms with Gasteiger partial charge in [-0.15, -0.1) is 0 Å². The van der Waals surface area contributed by atoms with E-state index in [0.717, 1.165) is 22.7 Å². The molecule has 0 saturated carbocycles. The summed E-state index contributed by atoms with van der Waals surface area (Å²) in [5.74, 6) is 0.388. The number of hydrogen-bond donors (Lipinski definition) is 2. The summed E-state index contributed by atoms with van der Waals surface area (Å²) < 4.78 is 2.05. The highest BCUT2D eigenvalue weighted by Crippen LogP contribution is 2.10. The number of aliphatic imine (C=N–C) groups is 1. The molecule has 0 fully saturated rings. The van der Waals surface area contributed by atoms with E-state index in [1.54, 1.807) is 0 Å². The maximum atomic E-state index is 5.93. The van der Waals surface area contributed by atoms with Crippen molar-refractivity contribution in [1.29, 1.82) is 0 Å². The van der Waals surface area contributed by atoms with Gasteiger partial charge in [0, 0.05) is 17.6 Å². The highest BCUT2D eigenvalue weighted by molar-refractivity contribution is 5.92. The third kappa shape index (κ3) is 3.09. The van der Waals surface area contributed by atoms with Gasteiger partial charge in [0.15, 0.2) is 5.96 Å². The van der Waals surface area contributed by atoms with E-state index in [2.05, 4.69) is 32.7 Å². The predicted octanol–water partition coefficient (Wildman–Crippen LogP) is 2.88. The second kappa shape index (κ2) is 5.89. The van der Waals surface area contributed by atoms with Crippen molar-refractivity contribution in [2.75, 3.05) is 5.32 Å². The topological polar surface area (TPSA) is 67.7 Å². The molecule has 2 heterocycles. The Labute approximate surface area is 129 Å². The average Bonchev–Trinajstić information content (AvgIpc) is 2.90. The molecule has 0 aliphatic carbocycles. The van der Waals surface area contributed by atoms with Crippen LogP contribution >= 0.6 is 0 Å². The fourth-order valence-corrected chi connectivity index (χ4v) is 2.35. The van der Waals surface area contributed by atoms with E-state index in [-0.39, 0.29) is 0 Å². The zero-order chi connectivity index (χ0) is 15.5. The Kier molecular flexibility index (Phi) is 3.78. The van der Waals surface area contributed by atoms with E-state index in [0.29, 0.717) is 12.5 Å². The molecule has 1 aromatic carbocycles. The lowest BCUT2D eigenvalue weighted by Gasteiger charge is -2.05. The molecular weight excluding hydrogens is 274 g/mol. The molecule has 3 aromatic rings. The molecule has 0 radical (unpaired) electrons. The molecule has 2 aromatic heterocycles. The monoisotopic (exact) mass is 293 g/mol. The first-order valence-electron chi connectivity index (χ1n) is 7.19. The lowest BCUT2D eigenvalue weighted by Crippen LogP contribution is -2.22. The van der Waals surface area contributed by atoms with Gasteiger partial charge in [-0.1, -0.05) is 18.2 Å². The third-order valence-corrected chi connectivity index (χ3v) is 3.45. The summed E-state index contributed by atoms with van der Waals surface area (Å²) in [7, 11) is 0. The van der Waals surface area contributed by atoms with Crippen LogP contribution in [0.4, 0.5) is 5.69 Å². The summed E-state index contributed by atoms with van der Waals surface area (Å²) in [6.45, 7) is 4.54. The third-order valence-electron chi connectivity index (χ3n) is 3.45. The van der Waals surface area contributed by atoms with Gasteiger partial charge < -0.3 is 15.5 Å². The van der Waals surface area contributed by atoms with E-state index in [4.69, 9.17) is 5.73 Å². The van der Waals surface area contributed by atoms with Gasteiger partial charge >= 0.3 is 0 Å². The van der Waals surface area contributed by atoms with Crippen LogP contribution in [0.15, 0.2) is 53.7 Å². The summed E-state index contributed by atoms with van der Waals surface area (Å²) in [6.07, 6.45) is 1.99. The van der Waals surface area contributed by atoms with Crippen molar-refractivity contribution in [1.82, 2.24) is 9.38 Å². The zero-order valence-electron chi connectivity index (χ0n) is 12.7. The maximum Gasteiger partial charge on any atom is 0.193 e. The Morgan fingerprint density at radius 1 is 1.23 bits per heavy atom. The number of pyridine rings is 1. The molecule has 3 rings (SSSR count). The standard InChI is InChI=1S/C17H19N5/c1-12-5-3-7-14(9-12)21-17(18)19-10-15-11-22-13(2)6-4-8-16(22)20-15/h3-9,11H,10H2,1-2H3,(H3,18,19,21). The van der Waals surface area contributed by atoms with Gasteiger partial charge in [-0.05, 0) is 43.7 Å². The van der Waals surface area contributed by atoms with Gasteiger partial charge in [-0.25, -0.2) is 9.98 Å². The van der Waals surface area contributed by atoms with Crippen LogP contribution in [-0.2, 0) is 6.54 Å². The molecule has 0 aliphatic rings. The summed E-state index contributed by atoms with van der Waals surface area (Å²) in [5, 5.41) is 3.09. The van der Waals surface area contributed by atoms with Crippen molar-refractivity contribution in [2.24, 2.45) is 10.7 Å². The summed E-state index contributed by atoms with van der Waals surface area (Å²) in [5.41, 5.74) is 11.0. The Morgan fingerprint density at radius 3 is 2.82 bits per heavy atom. The average molecular weight is 293 g/mol. The van der Waals surface area contributed by atoms with Crippen LogP contribution in [0.5, 0.6) is 0 Å². The molecule has 0 spiro atoms. The number of anilines is 1. The fourth-order valence-electron chi connectivity index (χ4n) is 2.35. The van der Waals surface area contributed by atoms with Crippen molar-refractivity contribution < 1.29 is 0 Å². The van der Waals surface area contributed by atoms with Crippen LogP contribution in [0.25, 0.3) is 5.65 Å². The lowest BCUT2D eigenvalue weighted by atomic mass is 10.2. The minimum absolute atomic E-state index is 0.388. The van der Waals surface area contributed by atoms with Gasteiger partial charge in [0.05, 0.1) is 12.2 Å². The maximum absolute atomic E-state index is 5.93. The molecule has 3 N–H and O–H groups in total. The molecule has 0 bridgehead atoms. The van der Waals surface area contributed by atoms with Crippen LogP contribution < -0.4 is 11.1 Å². The number of nitrogens with two attached hydrogens (primary N) is 1. The molecule has 22 heavy (non-hydrogen) atoms. The molecule has 5 nitrogen and oxygen atoms in total. The number of aromatic nitrogens is 2. The second-order valence-corrected chi connectivity index (χ2v) is 5.32. The Balaban J connectivity index is 1.73. The van der Waals surface area contributed by atoms with Gasteiger partial charge in [0.1, 0.15) is 5.65 Å². The van der Waals surface area contributed by atoms with Gasteiger partial charge in [-0.2, -0.15) is 0 Å². The highest BCUT2D eigenvalue weighted by atomic mass is 15.1. The molecule has 0 amide bonds. The highest BCUT2D eigenvalue weighted by Gasteiger charge is 2.03. The number of nitrogens with zero attached hydrogens (tertiary/aromatic N) is 3. The lowest BCUT2D eigenvalue weighted by molar-refractivity contribution is 1.00. The van der Waals surface area contributed by atoms with E-state index >= 15 is 0 Å². The van der Waals surface area contributed by atoms with Crippen LogP contribution in [0.3, 0.4) is 0 Å². The number of imidazole rings is 1. The minimum Gasteiger partial charge on any atom is -0.370 e. The van der Waals surface area contributed by atoms with E-state index in [1.807, 2.05) is 49.5 Å². The molecule has 0 aliphatic heterocycles. The normalized spacial score (nSPS) is 11.8. The Bertz CT molecular complexity index is 832. The number of fused-ring (bicyclic) bond motifs is 1. The van der Waals surface area contributed by atoms with Gasteiger partial charge in [0.25, 0.3) is 0 Å². The van der Waals surface area contributed by atoms with Crippen molar-refractivity contribution in [3.05, 3.63) is 65.6 Å². The first-order chi connectivity index (χ1) is 10.6. The van der Waals surface area contributed by atoms with Crippen molar-refractivity contribution in [3.8, 4) is 0 Å². The van der Waals surface area contributed by atoms with Crippen LogP contribution in [0.2, 0.25) is 0 Å². The van der Waals surface area contributed by atoms with Crippen molar-refractivity contribution in [2.45, 2.75) is 20.4 Å². The molecule has 0 unspecified atom stereocenters. The molecule has 112 valence electrons. The summed E-state index contributed by atoms with van der Waals surface area (Å²) in [4.78, 5) is 8.89. The SMILES string of the molecule is Cc1cccc(NC(N)=NCc2cn3c(C)cccc3n2)c1. The fraction of sp³-hybridized carbons (Fsp3) is 0.176. The number of rotatable bonds is 3. The smallest absolute Gasteiger partial charge is 0.193 e. The van der Waals surface area contributed by atoms with Crippen molar-refractivity contribution in [3.63, 3.8) is 0 Å². The molecule has 5 heteroatoms. The number of nitrogens with one attached hydrogen (secondary N) is 1. The van der Waals surface area contributed by atoms with E-state index < -0.39 is 0 Å². The first-order valence-corrected chi connectivity index (χ1v) is 7.19. The number of benzene rings is 1. The molecular formula is C17H19N5. The zero-order valence-corrected chi connectivity index (χ0v) is 12.7. The largest absolute Gasteiger partial charge is 0.370 e. The van der Waals surface area contributed by atoms with E-state index in [1.165, 1.54) is 5.56 Å². The number of aryl methyl sites for hydroxylation is 2. The second-order valence-electron chi connectivity index (χ2n) is 5.32. The van der Waals surface area contributed by atoms with Crippen LogP contribution in [0.1, 0.15) is 17.0 Å². The Morgan fingerprint density at radius 2 is 2.05 bits per heavy atom. The quantitative estimate of drug-likeness (QED) is 0.576. The molecule has 0 saturated heterocycles. The number of hydrogen-bond acceptors (Lipinski definition) is 2. The van der Waals surface area contributed by atoms with Gasteiger partial charge in [0.2, 0.25) is 0 Å². The van der Waals surface area contributed by atoms with Crippen LogP contribution in [-0.4, -0.2) is 15.3 Å². The Hall–Kier alpha value is -2.82. The van der Waals surface area contributed by atoms with E-state index in [9.17, 15) is 0 Å². The van der Waals surface area contributed by atoms with Crippen LogP contribution in [0, 0.1) is 13.8 Å². The van der Waals surface area contributed by atoms with Gasteiger partial charge in [-0.3, -0.25) is 0 Å². The minimum atomic E-state index is 0.388.